The highest BCUT2D eigenvalue weighted by atomic mass is 16.5. The molecular weight excluding hydrogens is 400 g/mol. The summed E-state index contributed by atoms with van der Waals surface area (Å²) >= 11 is 0. The first-order chi connectivity index (χ1) is 15.5. The molecule has 4 aromatic carbocycles. The fourth-order valence-electron chi connectivity index (χ4n) is 3.96. The number of carbonyl (C=O) groups is 1. The number of aryl methyl sites for hydroxylation is 2. The average Bonchev–Trinajstić information content (AvgIpc) is 3.23. The molecule has 1 amide bonds. The summed E-state index contributed by atoms with van der Waals surface area (Å²) in [5.41, 5.74) is 5.55. The van der Waals surface area contributed by atoms with Gasteiger partial charge in [0.05, 0.1) is 18.4 Å². The molecule has 5 nitrogen and oxygen atoms in total. The first-order valence-corrected chi connectivity index (χ1v) is 10.5. The van der Waals surface area contributed by atoms with Crippen molar-refractivity contribution in [3.63, 3.8) is 0 Å². The Kier molecular flexibility index (Phi) is 4.94. The predicted octanol–water partition coefficient (Wildman–Crippen LogP) is 6.22. The summed E-state index contributed by atoms with van der Waals surface area (Å²) in [5, 5.41) is 8.39. The van der Waals surface area contributed by atoms with E-state index >= 15 is 0 Å². The second kappa shape index (κ2) is 7.93. The first kappa shape index (κ1) is 19.9. The molecule has 0 bridgehead atoms. The molecule has 0 aromatic heterocycles. The molecular formula is C27H24N2O3. The summed E-state index contributed by atoms with van der Waals surface area (Å²) in [5.74, 6) is 1.07. The van der Waals surface area contributed by atoms with E-state index in [0.717, 1.165) is 27.8 Å². The van der Waals surface area contributed by atoms with Gasteiger partial charge in [0.2, 0.25) is 0 Å². The van der Waals surface area contributed by atoms with Gasteiger partial charge in [-0.1, -0.05) is 42.5 Å². The Morgan fingerprint density at radius 2 is 1.72 bits per heavy atom. The fourth-order valence-corrected chi connectivity index (χ4v) is 3.96. The maximum atomic E-state index is 13.1. The number of fused-ring (bicyclic) bond motifs is 2. The molecule has 0 saturated carbocycles. The number of hydrogen-bond acceptors (Lipinski definition) is 4. The lowest BCUT2D eigenvalue weighted by atomic mass is 10.1. The Morgan fingerprint density at radius 3 is 2.47 bits per heavy atom. The maximum absolute atomic E-state index is 13.1. The zero-order valence-corrected chi connectivity index (χ0v) is 18.2. The van der Waals surface area contributed by atoms with E-state index in [1.165, 1.54) is 11.1 Å². The Morgan fingerprint density at radius 1 is 0.938 bits per heavy atom. The number of methoxy groups -OCH3 is 1. The van der Waals surface area contributed by atoms with Crippen molar-refractivity contribution in [2.45, 2.75) is 20.1 Å². The van der Waals surface area contributed by atoms with Crippen LogP contribution < -0.4 is 20.1 Å². The molecule has 1 atom stereocenters. The van der Waals surface area contributed by atoms with E-state index in [1.807, 2.05) is 54.6 Å². The van der Waals surface area contributed by atoms with Gasteiger partial charge in [-0.15, -0.1) is 0 Å². The van der Waals surface area contributed by atoms with Crippen LogP contribution in [0.2, 0.25) is 0 Å². The van der Waals surface area contributed by atoms with Gasteiger partial charge in [-0.05, 0) is 66.1 Å². The van der Waals surface area contributed by atoms with Crippen LogP contribution in [0.3, 0.4) is 0 Å². The van der Waals surface area contributed by atoms with Crippen LogP contribution in [0.4, 0.5) is 11.4 Å². The molecule has 2 N–H and O–H groups in total. The maximum Gasteiger partial charge on any atom is 0.259 e. The number of anilines is 2. The standard InChI is InChI=1S/C27H24N2O3/c1-16-8-9-20(12-17(16)2)27-29-23-15-21(10-11-24(23)32-27)28-26(30)22-13-18-6-4-5-7-19(18)14-25(22)31-3/h4-15,27,29H,1-3H3,(H,28,30)/t27-/m0/s1. The zero-order chi connectivity index (χ0) is 22.2. The molecule has 1 aliphatic rings. The van der Waals surface area contributed by atoms with Crippen LogP contribution in [0.5, 0.6) is 11.5 Å². The molecule has 0 spiro atoms. The minimum Gasteiger partial charge on any atom is -0.496 e. The Balaban J connectivity index is 1.37. The third-order valence-corrected chi connectivity index (χ3v) is 5.92. The van der Waals surface area contributed by atoms with Crippen molar-refractivity contribution in [3.8, 4) is 11.5 Å². The molecule has 1 aliphatic heterocycles. The number of nitrogens with one attached hydrogen (secondary N) is 2. The monoisotopic (exact) mass is 424 g/mol. The summed E-state index contributed by atoms with van der Waals surface area (Å²) in [6, 6.07) is 23.5. The lowest BCUT2D eigenvalue weighted by Gasteiger charge is -2.13. The summed E-state index contributed by atoms with van der Waals surface area (Å²) in [7, 11) is 1.57. The van der Waals surface area contributed by atoms with Crippen molar-refractivity contribution in [3.05, 3.63) is 95.1 Å². The lowest BCUT2D eigenvalue weighted by molar-refractivity contribution is 0.102. The highest BCUT2D eigenvalue weighted by molar-refractivity contribution is 6.09. The minimum atomic E-state index is -0.254. The van der Waals surface area contributed by atoms with E-state index in [4.69, 9.17) is 9.47 Å². The second-order valence-electron chi connectivity index (χ2n) is 8.05. The molecule has 1 heterocycles. The van der Waals surface area contributed by atoms with Gasteiger partial charge in [-0.2, -0.15) is 0 Å². The van der Waals surface area contributed by atoms with Crippen LogP contribution in [0.1, 0.15) is 33.3 Å². The van der Waals surface area contributed by atoms with Crippen molar-refractivity contribution in [1.82, 2.24) is 0 Å². The molecule has 0 aliphatic carbocycles. The number of hydrogen-bond donors (Lipinski definition) is 2. The van der Waals surface area contributed by atoms with Crippen LogP contribution in [-0.2, 0) is 0 Å². The van der Waals surface area contributed by atoms with Crippen molar-refractivity contribution in [2.24, 2.45) is 0 Å². The highest BCUT2D eigenvalue weighted by Gasteiger charge is 2.24. The van der Waals surface area contributed by atoms with Gasteiger partial charge in [-0.3, -0.25) is 4.79 Å². The average molecular weight is 425 g/mol. The number of amides is 1. The smallest absolute Gasteiger partial charge is 0.259 e. The summed E-state index contributed by atoms with van der Waals surface area (Å²) in [4.78, 5) is 13.1. The van der Waals surface area contributed by atoms with E-state index in [-0.39, 0.29) is 12.1 Å². The number of benzene rings is 4. The Labute approximate surface area is 187 Å². The lowest BCUT2D eigenvalue weighted by Crippen LogP contribution is -2.13. The molecule has 0 unspecified atom stereocenters. The van der Waals surface area contributed by atoms with E-state index in [9.17, 15) is 4.79 Å². The third-order valence-electron chi connectivity index (χ3n) is 5.92. The second-order valence-corrected chi connectivity index (χ2v) is 8.05. The SMILES string of the molecule is COc1cc2ccccc2cc1C(=O)Nc1ccc2c(c1)N[C@H](c1ccc(C)c(C)c1)O2. The van der Waals surface area contributed by atoms with Gasteiger partial charge < -0.3 is 20.1 Å². The van der Waals surface area contributed by atoms with E-state index in [1.54, 1.807) is 7.11 Å². The highest BCUT2D eigenvalue weighted by Crippen LogP contribution is 2.40. The quantitative estimate of drug-likeness (QED) is 0.408. The summed E-state index contributed by atoms with van der Waals surface area (Å²) in [6.07, 6.45) is -0.254. The van der Waals surface area contributed by atoms with E-state index in [2.05, 4.69) is 42.7 Å². The van der Waals surface area contributed by atoms with E-state index < -0.39 is 0 Å². The minimum absolute atomic E-state index is 0.225. The van der Waals surface area contributed by atoms with Gasteiger partial charge in [0.1, 0.15) is 11.5 Å². The molecule has 4 aromatic rings. The van der Waals surface area contributed by atoms with Crippen molar-refractivity contribution in [1.29, 1.82) is 0 Å². The predicted molar refractivity (Wildman–Crippen MR) is 128 cm³/mol. The summed E-state index contributed by atoms with van der Waals surface area (Å²) < 4.78 is 11.5. The van der Waals surface area contributed by atoms with Crippen molar-refractivity contribution in [2.75, 3.05) is 17.7 Å². The molecule has 160 valence electrons. The molecule has 0 saturated heterocycles. The van der Waals surface area contributed by atoms with Crippen LogP contribution >= 0.6 is 0 Å². The van der Waals surface area contributed by atoms with Crippen molar-refractivity contribution >= 4 is 28.1 Å². The first-order valence-electron chi connectivity index (χ1n) is 10.5. The van der Waals surface area contributed by atoms with Crippen molar-refractivity contribution < 1.29 is 14.3 Å². The fraction of sp³-hybridized carbons (Fsp3) is 0.148. The topological polar surface area (TPSA) is 59.6 Å². The van der Waals surface area contributed by atoms with Crippen LogP contribution in [-0.4, -0.2) is 13.0 Å². The Hall–Kier alpha value is -3.99. The van der Waals surface area contributed by atoms with Gasteiger partial charge >= 0.3 is 0 Å². The largest absolute Gasteiger partial charge is 0.496 e. The van der Waals surface area contributed by atoms with Crippen LogP contribution in [0, 0.1) is 13.8 Å². The van der Waals surface area contributed by atoms with Gasteiger partial charge in [0.15, 0.2) is 6.23 Å². The number of carbonyl (C=O) groups excluding carboxylic acids is 1. The van der Waals surface area contributed by atoms with Crippen LogP contribution in [0.25, 0.3) is 10.8 Å². The normalized spacial score (nSPS) is 14.4. The Bertz CT molecular complexity index is 1350. The van der Waals surface area contributed by atoms with E-state index in [0.29, 0.717) is 17.0 Å². The van der Waals surface area contributed by atoms with Gasteiger partial charge in [0, 0.05) is 11.3 Å². The van der Waals surface area contributed by atoms with Crippen LogP contribution in [0.15, 0.2) is 72.8 Å². The van der Waals surface area contributed by atoms with Gasteiger partial charge in [0.25, 0.3) is 5.91 Å². The molecule has 0 radical (unpaired) electrons. The molecule has 5 heteroatoms. The summed E-state index contributed by atoms with van der Waals surface area (Å²) in [6.45, 7) is 4.19. The number of rotatable bonds is 4. The zero-order valence-electron chi connectivity index (χ0n) is 18.2. The molecule has 5 rings (SSSR count). The third kappa shape index (κ3) is 3.62. The molecule has 0 fully saturated rings. The van der Waals surface area contributed by atoms with Gasteiger partial charge in [-0.25, -0.2) is 0 Å². The molecule has 32 heavy (non-hydrogen) atoms. The number of ether oxygens (including phenoxy) is 2.